The molecule has 0 spiro atoms. The van der Waals surface area contributed by atoms with Crippen LogP contribution < -0.4 is 0 Å². The minimum absolute atomic E-state index is 0.364. The average Bonchev–Trinajstić information content (AvgIpc) is 2.62. The van der Waals surface area contributed by atoms with Crippen LogP contribution in [0.4, 0.5) is 0 Å². The molecule has 0 nitrogen and oxygen atoms in total. The van der Waals surface area contributed by atoms with Crippen LogP contribution >= 0.6 is 0 Å². The molecule has 0 amide bonds. The molecule has 0 unspecified atom stereocenters. The molecule has 0 fully saturated rings. The second-order valence-corrected chi connectivity index (χ2v) is 8.94. The van der Waals surface area contributed by atoms with Crippen LogP contribution in [-0.4, -0.2) is 14.5 Å². The first-order chi connectivity index (χ1) is 8.92. The Labute approximate surface area is 121 Å². The third-order valence-electron chi connectivity index (χ3n) is 3.43. The van der Waals surface area contributed by atoms with Crippen molar-refractivity contribution in [3.63, 3.8) is 0 Å². The molecule has 19 heavy (non-hydrogen) atoms. The topological polar surface area (TPSA) is 0 Å². The monoisotopic (exact) mass is 316 g/mol. The zero-order valence-corrected chi connectivity index (χ0v) is 13.8. The van der Waals surface area contributed by atoms with E-state index in [0.29, 0.717) is 19.9 Å². The Balaban J connectivity index is 2.16. The van der Waals surface area contributed by atoms with E-state index in [0.717, 1.165) is 6.42 Å². The molecule has 1 heteroatoms. The van der Waals surface area contributed by atoms with E-state index in [1.807, 2.05) is 0 Å². The van der Waals surface area contributed by atoms with Gasteiger partial charge in [-0.25, -0.2) is 0 Å². The summed E-state index contributed by atoms with van der Waals surface area (Å²) in [5.74, 6) is 0. The molecule has 0 radical (unpaired) electrons. The van der Waals surface area contributed by atoms with Crippen LogP contribution in [-0.2, 0) is 6.42 Å². The van der Waals surface area contributed by atoms with E-state index < -0.39 is 0 Å². The first-order valence-corrected chi connectivity index (χ1v) is 8.55. The normalized spacial score (nSPS) is 12.4. The quantitative estimate of drug-likeness (QED) is 0.558. The summed E-state index contributed by atoms with van der Waals surface area (Å²) in [7, 11) is 0. The van der Waals surface area contributed by atoms with Gasteiger partial charge in [-0.3, -0.25) is 0 Å². The number of benzene rings is 2. The Bertz CT molecular complexity index is 741. The predicted molar refractivity (Wildman–Crippen MR) is 86.3 cm³/mol. The van der Waals surface area contributed by atoms with Gasteiger partial charge < -0.3 is 0 Å². The van der Waals surface area contributed by atoms with Gasteiger partial charge in [0.05, 0.1) is 0 Å². The molecule has 0 N–H and O–H groups in total. The summed E-state index contributed by atoms with van der Waals surface area (Å²) in [5.41, 5.74) is 3.23. The van der Waals surface area contributed by atoms with Gasteiger partial charge in [0, 0.05) is 0 Å². The number of aryl methyl sites for hydroxylation is 1. The Kier molecular flexibility index (Phi) is 3.08. The summed E-state index contributed by atoms with van der Waals surface area (Å²) in [4.78, 5) is 0. The molecule has 0 bridgehead atoms. The second-order valence-electron chi connectivity index (χ2n) is 6.67. The van der Waals surface area contributed by atoms with Crippen molar-refractivity contribution in [2.45, 2.75) is 34.1 Å². The molecule has 2 aromatic carbocycles. The van der Waals surface area contributed by atoms with E-state index in [2.05, 4.69) is 64.1 Å². The van der Waals surface area contributed by atoms with E-state index in [-0.39, 0.29) is 0 Å². The number of fused-ring (bicyclic) bond motifs is 3. The van der Waals surface area contributed by atoms with Crippen molar-refractivity contribution >= 4 is 33.8 Å². The maximum atomic E-state index is 2.44. The average molecular weight is 315 g/mol. The van der Waals surface area contributed by atoms with Gasteiger partial charge in [-0.2, -0.15) is 0 Å². The molecule has 0 aliphatic rings. The van der Waals surface area contributed by atoms with Crippen LogP contribution in [0, 0.1) is 12.3 Å². The Morgan fingerprint density at radius 1 is 0.895 bits per heavy atom. The third kappa shape index (κ3) is 2.63. The summed E-state index contributed by atoms with van der Waals surface area (Å²) in [6.07, 6.45) is 1.16. The summed E-state index contributed by atoms with van der Waals surface area (Å²) in [5, 5.41) is 2.93. The molecule has 0 saturated carbocycles. The SMILES string of the molecule is Cc1ccc2c(c1)[se]c1cc(CC(C)(C)C)ccc12. The van der Waals surface area contributed by atoms with Crippen molar-refractivity contribution in [2.75, 3.05) is 0 Å². The van der Waals surface area contributed by atoms with Crippen LogP contribution in [0.5, 0.6) is 0 Å². The summed E-state index contributed by atoms with van der Waals surface area (Å²) in [6.45, 7) is 9.11. The molecule has 98 valence electrons. The van der Waals surface area contributed by atoms with Crippen LogP contribution in [0.3, 0.4) is 0 Å². The van der Waals surface area contributed by atoms with Gasteiger partial charge in [-0.1, -0.05) is 0 Å². The number of hydrogen-bond acceptors (Lipinski definition) is 0. The van der Waals surface area contributed by atoms with E-state index in [4.69, 9.17) is 0 Å². The van der Waals surface area contributed by atoms with Crippen molar-refractivity contribution < 1.29 is 0 Å². The fourth-order valence-corrected chi connectivity index (χ4v) is 5.31. The minimum atomic E-state index is 0.364. The van der Waals surface area contributed by atoms with Crippen LogP contribution in [0.25, 0.3) is 19.3 Å². The van der Waals surface area contributed by atoms with E-state index in [1.165, 1.54) is 21.9 Å². The van der Waals surface area contributed by atoms with Crippen molar-refractivity contribution in [1.82, 2.24) is 0 Å². The molecule has 3 aromatic rings. The Morgan fingerprint density at radius 3 is 2.21 bits per heavy atom. The standard InChI is InChI=1S/C18H20Se/c1-12-5-7-14-15-8-6-13(11-18(2,3)4)10-17(15)19-16(14)9-12/h5-10H,11H2,1-4H3. The number of rotatable bonds is 1. The van der Waals surface area contributed by atoms with E-state index in [1.54, 1.807) is 8.52 Å². The van der Waals surface area contributed by atoms with Gasteiger partial charge in [-0.05, 0) is 0 Å². The van der Waals surface area contributed by atoms with Gasteiger partial charge >= 0.3 is 121 Å². The molecule has 1 heterocycles. The number of hydrogen-bond donors (Lipinski definition) is 0. The zero-order valence-electron chi connectivity index (χ0n) is 12.1. The second kappa shape index (κ2) is 4.51. The molecule has 0 saturated heterocycles. The molecule has 0 aliphatic heterocycles. The molecular formula is C18H20Se. The fourth-order valence-electron chi connectivity index (χ4n) is 2.65. The maximum absolute atomic E-state index is 2.44. The zero-order chi connectivity index (χ0) is 13.6. The molecule has 3 rings (SSSR count). The van der Waals surface area contributed by atoms with Crippen LogP contribution in [0.1, 0.15) is 31.9 Å². The van der Waals surface area contributed by atoms with Crippen molar-refractivity contribution in [3.05, 3.63) is 47.5 Å². The molecule has 0 atom stereocenters. The Morgan fingerprint density at radius 2 is 1.53 bits per heavy atom. The predicted octanol–water partition coefficient (Wildman–Crippen LogP) is 4.95. The van der Waals surface area contributed by atoms with Gasteiger partial charge in [0.2, 0.25) is 0 Å². The van der Waals surface area contributed by atoms with Gasteiger partial charge in [-0.15, -0.1) is 0 Å². The third-order valence-corrected chi connectivity index (χ3v) is 5.77. The van der Waals surface area contributed by atoms with Crippen LogP contribution in [0.15, 0.2) is 36.4 Å². The molecular weight excluding hydrogens is 295 g/mol. The fraction of sp³-hybridized carbons (Fsp3) is 0.333. The van der Waals surface area contributed by atoms with Gasteiger partial charge in [0.15, 0.2) is 0 Å². The van der Waals surface area contributed by atoms with Gasteiger partial charge in [0.25, 0.3) is 0 Å². The van der Waals surface area contributed by atoms with Crippen molar-refractivity contribution in [2.24, 2.45) is 5.41 Å². The van der Waals surface area contributed by atoms with Crippen LogP contribution in [0.2, 0.25) is 0 Å². The summed E-state index contributed by atoms with van der Waals surface area (Å²) < 4.78 is 3.12. The van der Waals surface area contributed by atoms with Crippen molar-refractivity contribution in [1.29, 1.82) is 0 Å². The summed E-state index contributed by atoms with van der Waals surface area (Å²) in [6, 6.07) is 14.0. The first-order valence-electron chi connectivity index (χ1n) is 6.84. The first kappa shape index (κ1) is 13.0. The molecule has 0 aliphatic carbocycles. The van der Waals surface area contributed by atoms with E-state index >= 15 is 0 Å². The van der Waals surface area contributed by atoms with E-state index in [9.17, 15) is 0 Å². The van der Waals surface area contributed by atoms with Gasteiger partial charge in [0.1, 0.15) is 0 Å². The Hall–Kier alpha value is -1.04. The molecule has 1 aromatic heterocycles. The summed E-state index contributed by atoms with van der Waals surface area (Å²) >= 11 is 0.491. The van der Waals surface area contributed by atoms with Crippen molar-refractivity contribution in [3.8, 4) is 0 Å².